The summed E-state index contributed by atoms with van der Waals surface area (Å²) in [5.74, 6) is 0.933. The van der Waals surface area contributed by atoms with Crippen LogP contribution in [0.2, 0.25) is 0 Å². The number of hydrogen-bond acceptors (Lipinski definition) is 8. The highest BCUT2D eigenvalue weighted by Gasteiger charge is 2.48. The van der Waals surface area contributed by atoms with E-state index in [4.69, 9.17) is 24.7 Å². The highest BCUT2D eigenvalue weighted by atomic mass is 16.6. The number of para-hydroxylation sites is 1. The molecule has 2 unspecified atom stereocenters. The van der Waals surface area contributed by atoms with E-state index in [1.807, 2.05) is 58.9 Å². The summed E-state index contributed by atoms with van der Waals surface area (Å²) >= 11 is 0. The van der Waals surface area contributed by atoms with Crippen molar-refractivity contribution in [3.63, 3.8) is 0 Å². The lowest BCUT2D eigenvalue weighted by atomic mass is 9.84. The zero-order chi connectivity index (χ0) is 30.4. The van der Waals surface area contributed by atoms with E-state index < -0.39 is 28.8 Å². The summed E-state index contributed by atoms with van der Waals surface area (Å²) in [6.45, 7) is 14.2. The van der Waals surface area contributed by atoms with Crippen molar-refractivity contribution in [1.29, 1.82) is 0 Å². The van der Waals surface area contributed by atoms with Crippen LogP contribution in [0, 0.1) is 0 Å². The van der Waals surface area contributed by atoms with Crippen LogP contribution in [0.5, 0.6) is 5.75 Å². The number of nitrogens with zero attached hydrogens (tertiary/aromatic N) is 2. The van der Waals surface area contributed by atoms with E-state index in [1.165, 1.54) is 4.90 Å². The summed E-state index contributed by atoms with van der Waals surface area (Å²) in [6.07, 6.45) is 3.93. The maximum Gasteiger partial charge on any atom is 0.247 e. The topological polar surface area (TPSA) is 125 Å². The van der Waals surface area contributed by atoms with E-state index in [9.17, 15) is 9.59 Å². The number of guanidine groups is 1. The molecule has 1 fully saturated rings. The van der Waals surface area contributed by atoms with E-state index in [-0.39, 0.29) is 36.9 Å². The van der Waals surface area contributed by atoms with Gasteiger partial charge < -0.3 is 30.0 Å². The molecule has 226 valence electrons. The van der Waals surface area contributed by atoms with Gasteiger partial charge in [0, 0.05) is 36.7 Å². The van der Waals surface area contributed by atoms with Gasteiger partial charge in [-0.1, -0.05) is 24.8 Å². The first-order chi connectivity index (χ1) is 19.8. The lowest BCUT2D eigenvalue weighted by molar-refractivity contribution is -0.133. The van der Waals surface area contributed by atoms with Crippen molar-refractivity contribution in [2.75, 3.05) is 20.3 Å². The molecule has 4 heterocycles. The molecule has 4 aliphatic heterocycles. The predicted molar refractivity (Wildman–Crippen MR) is 159 cm³/mol. The van der Waals surface area contributed by atoms with Crippen LogP contribution < -0.4 is 15.8 Å². The molecule has 1 aromatic carbocycles. The first-order valence-electron chi connectivity index (χ1n) is 14.4. The number of hydrogen-bond donors (Lipinski definition) is 2. The molecule has 10 nitrogen and oxygen atoms in total. The largest absolute Gasteiger partial charge is 0.485 e. The lowest BCUT2D eigenvalue weighted by Crippen LogP contribution is -2.58. The first kappa shape index (κ1) is 29.8. The van der Waals surface area contributed by atoms with Crippen molar-refractivity contribution >= 4 is 17.8 Å². The van der Waals surface area contributed by atoms with Gasteiger partial charge in [-0.2, -0.15) is 0 Å². The van der Waals surface area contributed by atoms with Gasteiger partial charge in [-0.25, -0.2) is 4.99 Å². The van der Waals surface area contributed by atoms with Gasteiger partial charge in [0.2, 0.25) is 11.8 Å². The summed E-state index contributed by atoms with van der Waals surface area (Å²) in [7, 11) is 1.60. The number of ether oxygens (including phenoxy) is 4. The monoisotopic (exact) mass is 578 g/mol. The second-order valence-corrected chi connectivity index (χ2v) is 12.9. The molecule has 1 saturated heterocycles. The van der Waals surface area contributed by atoms with Gasteiger partial charge in [0.15, 0.2) is 5.96 Å². The molecule has 2 amide bonds. The number of methoxy groups -OCH3 is 1. The van der Waals surface area contributed by atoms with Crippen molar-refractivity contribution in [2.24, 2.45) is 10.7 Å². The second-order valence-electron chi connectivity index (χ2n) is 12.9. The number of rotatable bonds is 5. The van der Waals surface area contributed by atoms with Crippen LogP contribution in [0.3, 0.4) is 0 Å². The Morgan fingerprint density at radius 2 is 1.93 bits per heavy atom. The minimum Gasteiger partial charge on any atom is -0.485 e. The van der Waals surface area contributed by atoms with Gasteiger partial charge in [0.1, 0.15) is 28.8 Å². The van der Waals surface area contributed by atoms with Crippen LogP contribution in [0.1, 0.15) is 65.5 Å². The maximum atomic E-state index is 13.9. The summed E-state index contributed by atoms with van der Waals surface area (Å²) in [6, 6.07) is 6.72. The van der Waals surface area contributed by atoms with Crippen LogP contribution in [0.25, 0.3) is 0 Å². The number of benzene rings is 1. The molecule has 5 rings (SSSR count). The summed E-state index contributed by atoms with van der Waals surface area (Å²) in [4.78, 5) is 33.6. The average molecular weight is 579 g/mol. The molecular weight excluding hydrogens is 536 g/mol. The Labute approximate surface area is 247 Å². The van der Waals surface area contributed by atoms with E-state index in [1.54, 1.807) is 19.3 Å². The molecule has 1 aromatic rings. The Kier molecular flexibility index (Phi) is 7.74. The molecule has 0 aliphatic carbocycles. The van der Waals surface area contributed by atoms with E-state index >= 15 is 0 Å². The van der Waals surface area contributed by atoms with Crippen molar-refractivity contribution in [3.8, 4) is 5.75 Å². The first-order valence-corrected chi connectivity index (χ1v) is 14.4. The summed E-state index contributed by atoms with van der Waals surface area (Å²) < 4.78 is 24.5. The molecule has 0 spiro atoms. The van der Waals surface area contributed by atoms with Crippen molar-refractivity contribution in [1.82, 2.24) is 10.2 Å². The summed E-state index contributed by atoms with van der Waals surface area (Å²) in [5.41, 5.74) is 6.39. The Morgan fingerprint density at radius 3 is 2.62 bits per heavy atom. The standard InChI is InChI=1S/C32H42N4O6/c1-8-23-21(22(16-32(6,42-23)18-39-7)36-25(37)17-30(2,3)35-29(36)33)15-19-13-14-40-27-26(34-28(19)38)20-11-9-10-12-24(20)41-31(27,4)5/h8-12,15,22,26-27H,1,13-14,16-18H2,2-7H3,(H2,33,35)(H,34,38)/b19-15+/t22?,26-,27+,32?/m1/s1. The Bertz CT molecular complexity index is 1380. The van der Waals surface area contributed by atoms with Crippen LogP contribution in [-0.4, -0.2) is 71.9 Å². The number of aliphatic imine (C=N–C) groups is 1. The second kappa shape index (κ2) is 10.9. The number of amides is 2. The van der Waals surface area contributed by atoms with E-state index in [0.29, 0.717) is 36.4 Å². The van der Waals surface area contributed by atoms with Crippen LogP contribution in [0.4, 0.5) is 0 Å². The van der Waals surface area contributed by atoms with Gasteiger partial charge in [0.25, 0.3) is 0 Å². The van der Waals surface area contributed by atoms with E-state index in [2.05, 4.69) is 16.9 Å². The SMILES string of the molecule is C=CC1=C(/C=C2\CCO[C@H]3[C@H](NC2=O)c2ccccc2OC3(C)C)C(N2C(=O)CC(C)(C)N=C2N)CC(C)(COC)O1. The average Bonchev–Trinajstić information content (AvgIpc) is 2.87. The molecule has 0 aromatic heterocycles. The van der Waals surface area contributed by atoms with Crippen molar-refractivity contribution in [3.05, 3.63) is 65.5 Å². The number of nitrogens with one attached hydrogen (secondary N) is 1. The Hall–Kier alpha value is -3.63. The normalized spacial score (nSPS) is 31.5. The number of allylic oxidation sites excluding steroid dienone is 1. The molecule has 42 heavy (non-hydrogen) atoms. The number of carbonyl (C=O) groups excluding carboxylic acids is 2. The molecular formula is C32H42N4O6. The minimum absolute atomic E-state index is 0.136. The van der Waals surface area contributed by atoms with Gasteiger partial charge in [-0.05, 0) is 52.8 Å². The molecule has 0 saturated carbocycles. The molecule has 0 bridgehead atoms. The Morgan fingerprint density at radius 1 is 1.19 bits per heavy atom. The lowest BCUT2D eigenvalue weighted by Gasteiger charge is -2.46. The molecule has 4 atom stereocenters. The molecule has 4 aliphatic rings. The van der Waals surface area contributed by atoms with Crippen LogP contribution in [0.15, 0.2) is 64.9 Å². The fourth-order valence-corrected chi connectivity index (χ4v) is 6.48. The highest BCUT2D eigenvalue weighted by Crippen LogP contribution is 2.43. The van der Waals surface area contributed by atoms with Gasteiger partial charge in [-0.15, -0.1) is 0 Å². The molecule has 10 heteroatoms. The van der Waals surface area contributed by atoms with Crippen LogP contribution >= 0.6 is 0 Å². The maximum absolute atomic E-state index is 13.9. The summed E-state index contributed by atoms with van der Waals surface area (Å²) in [5, 5.41) is 3.21. The minimum atomic E-state index is -0.768. The molecule has 3 N–H and O–H groups in total. The third-order valence-electron chi connectivity index (χ3n) is 8.28. The van der Waals surface area contributed by atoms with Gasteiger partial charge in [0.05, 0.1) is 37.3 Å². The van der Waals surface area contributed by atoms with Crippen molar-refractivity contribution < 1.29 is 28.5 Å². The smallest absolute Gasteiger partial charge is 0.247 e. The third kappa shape index (κ3) is 5.57. The van der Waals surface area contributed by atoms with Gasteiger partial charge in [-0.3, -0.25) is 14.5 Å². The van der Waals surface area contributed by atoms with Crippen molar-refractivity contribution in [2.45, 2.75) is 88.8 Å². The van der Waals surface area contributed by atoms with Gasteiger partial charge >= 0.3 is 0 Å². The number of fused-ring (bicyclic) bond motifs is 3. The Balaban J connectivity index is 1.56. The number of carbonyl (C=O) groups is 2. The fourth-order valence-electron chi connectivity index (χ4n) is 6.48. The number of nitrogens with two attached hydrogens (primary N) is 1. The highest BCUT2D eigenvalue weighted by molar-refractivity contribution is 6.00. The predicted octanol–water partition coefficient (Wildman–Crippen LogP) is 3.69. The fraction of sp³-hybridized carbons (Fsp3) is 0.531. The third-order valence-corrected chi connectivity index (χ3v) is 8.28. The quantitative estimate of drug-likeness (QED) is 0.511. The zero-order valence-electron chi connectivity index (χ0n) is 25.4. The van der Waals surface area contributed by atoms with Crippen LogP contribution in [-0.2, 0) is 23.8 Å². The zero-order valence-corrected chi connectivity index (χ0v) is 25.4. The van der Waals surface area contributed by atoms with E-state index in [0.717, 1.165) is 11.3 Å². The molecule has 0 radical (unpaired) electrons.